The molecule has 0 saturated heterocycles. The lowest BCUT2D eigenvalue weighted by Gasteiger charge is -2.14. The number of aryl methyl sites for hydroxylation is 1. The van der Waals surface area contributed by atoms with E-state index in [-0.39, 0.29) is 34.9 Å². The van der Waals surface area contributed by atoms with Crippen molar-refractivity contribution < 1.29 is 36.2 Å². The molecule has 0 radical (unpaired) electrons. The van der Waals surface area contributed by atoms with Gasteiger partial charge in [-0.3, -0.25) is 4.79 Å². The normalized spacial score (nSPS) is 13.4. The van der Waals surface area contributed by atoms with Gasteiger partial charge in [0.15, 0.2) is 17.1 Å². The van der Waals surface area contributed by atoms with E-state index in [2.05, 4.69) is 20.7 Å². The van der Waals surface area contributed by atoms with Crippen LogP contribution in [0.15, 0.2) is 42.6 Å². The summed E-state index contributed by atoms with van der Waals surface area (Å²) < 4.78 is 78.8. The fraction of sp³-hybridized carbons (Fsp3) is 0.296. The standard InChI is InChI=1S/C27H24F5N5O3/c1-14-11-15(3-6-17(14)26(38)35-16-4-5-16)19-13-34-25-18(33-10-9-27(30,31)32)12-22(36-37(19)25)40-21-8-7-20(39-2)23(28)24(21)29/h3,6-8,11-13,16,33H,4-5,9-10H2,1-2H3,(H,35,38). The summed E-state index contributed by atoms with van der Waals surface area (Å²) in [4.78, 5) is 16.9. The number of methoxy groups -OCH3 is 1. The number of anilines is 1. The Morgan fingerprint density at radius 2 is 1.82 bits per heavy atom. The Morgan fingerprint density at radius 1 is 1.10 bits per heavy atom. The van der Waals surface area contributed by atoms with Crippen molar-refractivity contribution in [1.82, 2.24) is 19.9 Å². The highest BCUT2D eigenvalue weighted by atomic mass is 19.4. The molecule has 4 aromatic rings. The number of amides is 1. The predicted molar refractivity (Wildman–Crippen MR) is 136 cm³/mol. The Labute approximate surface area is 225 Å². The predicted octanol–water partition coefficient (Wildman–Crippen LogP) is 6.04. The van der Waals surface area contributed by atoms with Gasteiger partial charge in [0.25, 0.3) is 5.91 Å². The number of nitrogens with zero attached hydrogens (tertiary/aromatic N) is 3. The van der Waals surface area contributed by atoms with Crippen LogP contribution in [0.1, 0.15) is 35.2 Å². The van der Waals surface area contributed by atoms with Gasteiger partial charge in [0.2, 0.25) is 17.5 Å². The summed E-state index contributed by atoms with van der Waals surface area (Å²) in [5.74, 6) is -3.84. The van der Waals surface area contributed by atoms with E-state index < -0.39 is 36.5 Å². The number of halogens is 5. The van der Waals surface area contributed by atoms with Gasteiger partial charge in [0, 0.05) is 29.8 Å². The topological polar surface area (TPSA) is 89.8 Å². The molecule has 0 spiro atoms. The molecule has 2 heterocycles. The second kappa shape index (κ2) is 10.6. The molecule has 1 aliphatic rings. The number of carbonyl (C=O) groups excluding carboxylic acids is 1. The highest BCUT2D eigenvalue weighted by molar-refractivity contribution is 5.96. The van der Waals surface area contributed by atoms with Gasteiger partial charge in [0.05, 0.1) is 31.1 Å². The first-order valence-corrected chi connectivity index (χ1v) is 12.3. The number of carbonyl (C=O) groups is 1. The molecular weight excluding hydrogens is 537 g/mol. The second-order valence-electron chi connectivity index (χ2n) is 9.34. The van der Waals surface area contributed by atoms with Crippen molar-refractivity contribution in [2.75, 3.05) is 19.0 Å². The van der Waals surface area contributed by atoms with Crippen LogP contribution in [0.3, 0.4) is 0 Å². The maximum Gasteiger partial charge on any atom is 0.390 e. The van der Waals surface area contributed by atoms with Crippen LogP contribution in [-0.2, 0) is 0 Å². The largest absolute Gasteiger partial charge is 0.494 e. The highest BCUT2D eigenvalue weighted by Crippen LogP contribution is 2.33. The fourth-order valence-electron chi connectivity index (χ4n) is 4.09. The van der Waals surface area contributed by atoms with Crippen molar-refractivity contribution in [2.24, 2.45) is 0 Å². The van der Waals surface area contributed by atoms with Gasteiger partial charge in [-0.2, -0.15) is 22.0 Å². The van der Waals surface area contributed by atoms with Crippen LogP contribution in [0, 0.1) is 18.6 Å². The zero-order chi connectivity index (χ0) is 28.6. The Hall–Kier alpha value is -4.42. The van der Waals surface area contributed by atoms with Gasteiger partial charge >= 0.3 is 6.18 Å². The van der Waals surface area contributed by atoms with Gasteiger partial charge in [0.1, 0.15) is 0 Å². The summed E-state index contributed by atoms with van der Waals surface area (Å²) >= 11 is 0. The fourth-order valence-corrected chi connectivity index (χ4v) is 4.09. The third-order valence-corrected chi connectivity index (χ3v) is 6.29. The number of rotatable bonds is 9. The molecule has 8 nitrogen and oxygen atoms in total. The minimum atomic E-state index is -4.40. The van der Waals surface area contributed by atoms with Crippen molar-refractivity contribution in [3.8, 4) is 28.6 Å². The van der Waals surface area contributed by atoms with E-state index in [4.69, 9.17) is 9.47 Å². The molecule has 5 rings (SSSR count). The van der Waals surface area contributed by atoms with Gasteiger partial charge in [-0.15, -0.1) is 5.10 Å². The molecule has 2 N–H and O–H groups in total. The highest BCUT2D eigenvalue weighted by Gasteiger charge is 2.27. The average Bonchev–Trinajstić information content (AvgIpc) is 3.61. The maximum atomic E-state index is 14.6. The minimum Gasteiger partial charge on any atom is -0.494 e. The van der Waals surface area contributed by atoms with Crippen LogP contribution in [0.5, 0.6) is 17.4 Å². The molecule has 0 aliphatic heterocycles. The van der Waals surface area contributed by atoms with Crippen molar-refractivity contribution in [3.05, 3.63) is 65.4 Å². The molecule has 40 heavy (non-hydrogen) atoms. The lowest BCUT2D eigenvalue weighted by atomic mass is 10.0. The van der Waals surface area contributed by atoms with E-state index in [0.29, 0.717) is 22.4 Å². The summed E-state index contributed by atoms with van der Waals surface area (Å²) in [6.45, 7) is 1.31. The van der Waals surface area contributed by atoms with E-state index in [1.54, 1.807) is 25.1 Å². The van der Waals surface area contributed by atoms with Crippen LogP contribution < -0.4 is 20.1 Å². The maximum absolute atomic E-state index is 14.6. The number of aromatic nitrogens is 3. The van der Waals surface area contributed by atoms with Gasteiger partial charge in [-0.25, -0.2) is 9.50 Å². The number of imidazole rings is 1. The quantitative estimate of drug-likeness (QED) is 0.242. The molecule has 2 aromatic carbocycles. The zero-order valence-corrected chi connectivity index (χ0v) is 21.4. The van der Waals surface area contributed by atoms with Gasteiger partial charge in [-0.1, -0.05) is 6.07 Å². The Kier molecular flexibility index (Phi) is 7.21. The zero-order valence-electron chi connectivity index (χ0n) is 21.4. The van der Waals surface area contributed by atoms with Gasteiger partial charge < -0.3 is 20.1 Å². The lowest BCUT2D eigenvalue weighted by molar-refractivity contribution is -0.131. The van der Waals surface area contributed by atoms with E-state index >= 15 is 0 Å². The molecule has 1 amide bonds. The Balaban J connectivity index is 1.53. The molecule has 1 fully saturated rings. The average molecular weight is 562 g/mol. The number of ether oxygens (including phenoxy) is 2. The smallest absolute Gasteiger partial charge is 0.390 e. The van der Waals surface area contributed by atoms with Crippen LogP contribution >= 0.6 is 0 Å². The first kappa shape index (κ1) is 27.2. The molecule has 1 aliphatic carbocycles. The minimum absolute atomic E-state index is 0.132. The molecule has 210 valence electrons. The molecular formula is C27H24F5N5O3. The van der Waals surface area contributed by atoms with Crippen molar-refractivity contribution >= 4 is 17.2 Å². The number of nitrogens with one attached hydrogen (secondary N) is 2. The molecule has 1 saturated carbocycles. The molecule has 0 bridgehead atoms. The van der Waals surface area contributed by atoms with Gasteiger partial charge in [-0.05, 0) is 49.6 Å². The Bertz CT molecular complexity index is 1580. The summed E-state index contributed by atoms with van der Waals surface area (Å²) in [6.07, 6.45) is -2.15. The summed E-state index contributed by atoms with van der Waals surface area (Å²) in [5.41, 5.74) is 2.55. The van der Waals surface area contributed by atoms with E-state index in [1.165, 1.54) is 30.0 Å². The molecule has 13 heteroatoms. The Morgan fingerprint density at radius 3 is 2.50 bits per heavy atom. The van der Waals surface area contributed by atoms with Crippen molar-refractivity contribution in [2.45, 2.75) is 38.4 Å². The molecule has 2 aromatic heterocycles. The van der Waals surface area contributed by atoms with Crippen LogP contribution in [0.4, 0.5) is 27.6 Å². The molecule has 0 atom stereocenters. The second-order valence-corrected chi connectivity index (χ2v) is 9.34. The number of fused-ring (bicyclic) bond motifs is 1. The first-order chi connectivity index (χ1) is 19.0. The van der Waals surface area contributed by atoms with E-state index in [1.807, 2.05) is 0 Å². The third-order valence-electron chi connectivity index (χ3n) is 6.29. The van der Waals surface area contributed by atoms with Crippen molar-refractivity contribution in [1.29, 1.82) is 0 Å². The lowest BCUT2D eigenvalue weighted by Crippen LogP contribution is -2.26. The third kappa shape index (κ3) is 5.77. The molecule has 0 unspecified atom stereocenters. The SMILES string of the molecule is COc1ccc(Oc2cc(NCCC(F)(F)F)c3ncc(-c4ccc(C(=O)NC5CC5)c(C)c4)n3n2)c(F)c1F. The monoisotopic (exact) mass is 561 g/mol. The van der Waals surface area contributed by atoms with Crippen LogP contribution in [-0.4, -0.2) is 46.4 Å². The van der Waals surface area contributed by atoms with E-state index in [0.717, 1.165) is 18.9 Å². The number of benzene rings is 2. The first-order valence-electron chi connectivity index (χ1n) is 12.3. The number of hydrogen-bond acceptors (Lipinski definition) is 6. The van der Waals surface area contributed by atoms with Crippen LogP contribution in [0.25, 0.3) is 16.9 Å². The summed E-state index contributed by atoms with van der Waals surface area (Å²) in [6, 6.07) is 8.88. The summed E-state index contributed by atoms with van der Waals surface area (Å²) in [7, 11) is 1.18. The number of hydrogen-bond donors (Lipinski definition) is 2. The number of alkyl halides is 3. The summed E-state index contributed by atoms with van der Waals surface area (Å²) in [5, 5.41) is 9.96. The van der Waals surface area contributed by atoms with E-state index in [9.17, 15) is 26.7 Å². The van der Waals surface area contributed by atoms with Crippen LogP contribution in [0.2, 0.25) is 0 Å². The van der Waals surface area contributed by atoms with Crippen molar-refractivity contribution in [3.63, 3.8) is 0 Å².